The first-order chi connectivity index (χ1) is 8.17. The Kier molecular flexibility index (Phi) is 3.52. The van der Waals surface area contributed by atoms with Gasteiger partial charge in [0.25, 0.3) is 0 Å². The normalized spacial score (nSPS) is 10.6. The van der Waals surface area contributed by atoms with E-state index in [2.05, 4.69) is 28.0 Å². The van der Waals surface area contributed by atoms with Gasteiger partial charge in [0.1, 0.15) is 5.75 Å². The lowest BCUT2D eigenvalue weighted by atomic mass is 10.1. The highest BCUT2D eigenvalue weighted by molar-refractivity contribution is 9.10. The first-order valence-corrected chi connectivity index (χ1v) is 6.34. The van der Waals surface area contributed by atoms with Gasteiger partial charge in [0.05, 0.1) is 23.0 Å². The van der Waals surface area contributed by atoms with Crippen molar-refractivity contribution >= 4 is 15.9 Å². The van der Waals surface area contributed by atoms with Crippen molar-refractivity contribution < 1.29 is 4.74 Å². The van der Waals surface area contributed by atoms with E-state index >= 15 is 0 Å². The molecule has 2 rings (SSSR count). The van der Waals surface area contributed by atoms with E-state index in [1.165, 1.54) is 0 Å². The molecule has 0 spiro atoms. The molecule has 0 saturated heterocycles. The van der Waals surface area contributed by atoms with Crippen LogP contribution >= 0.6 is 15.9 Å². The fourth-order valence-corrected chi connectivity index (χ4v) is 2.33. The van der Waals surface area contributed by atoms with E-state index in [1.54, 1.807) is 7.11 Å². The zero-order chi connectivity index (χ0) is 12.4. The van der Waals surface area contributed by atoms with Gasteiger partial charge in [0.2, 0.25) is 0 Å². The molecule has 0 radical (unpaired) electrons. The van der Waals surface area contributed by atoms with E-state index in [-0.39, 0.29) is 0 Å². The third kappa shape index (κ3) is 2.22. The van der Waals surface area contributed by atoms with Crippen LogP contribution < -0.4 is 4.74 Å². The minimum Gasteiger partial charge on any atom is -0.497 e. The Morgan fingerprint density at radius 2 is 1.94 bits per heavy atom. The van der Waals surface area contributed by atoms with Gasteiger partial charge >= 0.3 is 0 Å². The first kappa shape index (κ1) is 12.2. The van der Waals surface area contributed by atoms with Crippen molar-refractivity contribution in [3.8, 4) is 17.0 Å². The van der Waals surface area contributed by atoms with Crippen molar-refractivity contribution in [3.63, 3.8) is 0 Å². The molecule has 0 unspecified atom stereocenters. The number of nitrogens with zero attached hydrogens (tertiary/aromatic N) is 2. The molecule has 0 bridgehead atoms. The maximum atomic E-state index is 5.16. The zero-order valence-electron chi connectivity index (χ0n) is 10.2. The van der Waals surface area contributed by atoms with Crippen molar-refractivity contribution in [3.05, 3.63) is 34.4 Å². The van der Waals surface area contributed by atoms with Gasteiger partial charge in [-0.15, -0.1) is 0 Å². The van der Waals surface area contributed by atoms with E-state index in [4.69, 9.17) is 4.74 Å². The average molecular weight is 295 g/mol. The van der Waals surface area contributed by atoms with Gasteiger partial charge in [-0.3, -0.25) is 4.68 Å². The quantitative estimate of drug-likeness (QED) is 0.864. The third-order valence-corrected chi connectivity index (χ3v) is 3.67. The maximum absolute atomic E-state index is 5.16. The molecule has 0 aliphatic heterocycles. The number of hydrogen-bond donors (Lipinski definition) is 0. The largest absolute Gasteiger partial charge is 0.497 e. The molecule has 1 aromatic heterocycles. The van der Waals surface area contributed by atoms with Crippen LogP contribution in [0.15, 0.2) is 28.7 Å². The summed E-state index contributed by atoms with van der Waals surface area (Å²) in [4.78, 5) is 0. The number of aromatic nitrogens is 2. The molecule has 0 atom stereocenters. The van der Waals surface area contributed by atoms with Crippen LogP contribution in [0.2, 0.25) is 0 Å². The van der Waals surface area contributed by atoms with Gasteiger partial charge in [-0.1, -0.05) is 0 Å². The topological polar surface area (TPSA) is 27.1 Å². The Bertz CT molecular complexity index is 517. The third-order valence-electron chi connectivity index (χ3n) is 2.72. The van der Waals surface area contributed by atoms with Crippen LogP contribution in [0.25, 0.3) is 11.3 Å². The van der Waals surface area contributed by atoms with Gasteiger partial charge < -0.3 is 4.74 Å². The average Bonchev–Trinajstić information content (AvgIpc) is 2.65. The molecule has 90 valence electrons. The van der Waals surface area contributed by atoms with Crippen LogP contribution in [0.5, 0.6) is 5.75 Å². The summed E-state index contributed by atoms with van der Waals surface area (Å²) >= 11 is 3.60. The van der Waals surface area contributed by atoms with Gasteiger partial charge in [-0.2, -0.15) is 5.10 Å². The summed E-state index contributed by atoms with van der Waals surface area (Å²) in [5.74, 6) is 0.865. The molecular formula is C13H15BrN2O. The smallest absolute Gasteiger partial charge is 0.118 e. The summed E-state index contributed by atoms with van der Waals surface area (Å²) in [6, 6.07) is 8.02. The number of halogens is 1. The molecule has 0 aliphatic carbocycles. The molecule has 0 amide bonds. The Balaban J connectivity index is 2.51. The van der Waals surface area contributed by atoms with Gasteiger partial charge in [-0.05, 0) is 54.0 Å². The molecular weight excluding hydrogens is 280 g/mol. The number of rotatable bonds is 3. The zero-order valence-corrected chi connectivity index (χ0v) is 11.8. The van der Waals surface area contributed by atoms with E-state index < -0.39 is 0 Å². The summed E-state index contributed by atoms with van der Waals surface area (Å²) < 4.78 is 8.22. The fraction of sp³-hybridized carbons (Fsp3) is 0.308. The number of methoxy groups -OCH3 is 1. The molecule has 3 nitrogen and oxygen atoms in total. The summed E-state index contributed by atoms with van der Waals surface area (Å²) in [6.07, 6.45) is 0. The summed E-state index contributed by atoms with van der Waals surface area (Å²) in [6.45, 7) is 4.95. The molecule has 0 N–H and O–H groups in total. The summed E-state index contributed by atoms with van der Waals surface area (Å²) in [5.41, 5.74) is 3.27. The van der Waals surface area contributed by atoms with Crippen molar-refractivity contribution in [2.75, 3.05) is 7.11 Å². The van der Waals surface area contributed by atoms with Crippen molar-refractivity contribution in [1.82, 2.24) is 9.78 Å². The van der Waals surface area contributed by atoms with Crippen LogP contribution in [0.1, 0.15) is 12.6 Å². The summed E-state index contributed by atoms with van der Waals surface area (Å²) in [5, 5.41) is 4.49. The summed E-state index contributed by atoms with van der Waals surface area (Å²) in [7, 11) is 1.67. The lowest BCUT2D eigenvalue weighted by molar-refractivity contribution is 0.415. The van der Waals surface area contributed by atoms with Crippen molar-refractivity contribution in [2.45, 2.75) is 20.4 Å². The molecule has 17 heavy (non-hydrogen) atoms. The van der Waals surface area contributed by atoms with Crippen molar-refractivity contribution in [2.24, 2.45) is 0 Å². The lowest BCUT2D eigenvalue weighted by Gasteiger charge is -2.06. The van der Waals surface area contributed by atoms with Crippen molar-refractivity contribution in [1.29, 1.82) is 0 Å². The molecule has 2 aromatic rings. The Morgan fingerprint density at radius 1 is 1.29 bits per heavy atom. The standard InChI is InChI=1S/C13H15BrN2O/c1-4-16-13(12(14)9(2)15-16)10-5-7-11(17-3)8-6-10/h5-8H,4H2,1-3H3. The molecule has 1 aromatic carbocycles. The number of hydrogen-bond acceptors (Lipinski definition) is 2. The molecule has 0 saturated carbocycles. The van der Waals surface area contributed by atoms with E-state index in [0.717, 1.165) is 33.7 Å². The highest BCUT2D eigenvalue weighted by atomic mass is 79.9. The highest BCUT2D eigenvalue weighted by Gasteiger charge is 2.13. The predicted octanol–water partition coefficient (Wildman–Crippen LogP) is 3.65. The van der Waals surface area contributed by atoms with E-state index in [1.807, 2.05) is 35.9 Å². The van der Waals surface area contributed by atoms with E-state index in [9.17, 15) is 0 Å². The number of aryl methyl sites for hydroxylation is 2. The highest BCUT2D eigenvalue weighted by Crippen LogP contribution is 2.31. The van der Waals surface area contributed by atoms with Crippen LogP contribution in [-0.4, -0.2) is 16.9 Å². The Morgan fingerprint density at radius 3 is 2.47 bits per heavy atom. The van der Waals surface area contributed by atoms with Gasteiger partial charge in [0, 0.05) is 12.1 Å². The molecule has 0 aliphatic rings. The molecule has 0 fully saturated rings. The van der Waals surface area contributed by atoms with Crippen LogP contribution in [-0.2, 0) is 6.54 Å². The fourth-order valence-electron chi connectivity index (χ4n) is 1.81. The van der Waals surface area contributed by atoms with Crippen LogP contribution in [0.3, 0.4) is 0 Å². The Hall–Kier alpha value is -1.29. The SMILES string of the molecule is CCn1nc(C)c(Br)c1-c1ccc(OC)cc1. The second-order valence-corrected chi connectivity index (χ2v) is 4.59. The van der Waals surface area contributed by atoms with Gasteiger partial charge in [0.15, 0.2) is 0 Å². The molecule has 1 heterocycles. The van der Waals surface area contributed by atoms with E-state index in [0.29, 0.717) is 0 Å². The number of ether oxygens (including phenoxy) is 1. The first-order valence-electron chi connectivity index (χ1n) is 5.54. The maximum Gasteiger partial charge on any atom is 0.118 e. The predicted molar refractivity (Wildman–Crippen MR) is 72.3 cm³/mol. The Labute approximate surface area is 110 Å². The minimum absolute atomic E-state index is 0.855. The van der Waals surface area contributed by atoms with Crippen LogP contribution in [0, 0.1) is 6.92 Å². The minimum atomic E-state index is 0.855. The number of benzene rings is 1. The lowest BCUT2D eigenvalue weighted by Crippen LogP contribution is -1.99. The van der Waals surface area contributed by atoms with Gasteiger partial charge in [-0.25, -0.2) is 0 Å². The van der Waals surface area contributed by atoms with Crippen LogP contribution in [0.4, 0.5) is 0 Å². The monoisotopic (exact) mass is 294 g/mol. The second kappa shape index (κ2) is 4.92. The molecule has 4 heteroatoms. The second-order valence-electron chi connectivity index (χ2n) is 3.79.